The average Bonchev–Trinajstić information content (AvgIpc) is 2.29. The van der Waals surface area contributed by atoms with Crippen molar-refractivity contribution in [2.24, 2.45) is 5.92 Å². The van der Waals surface area contributed by atoms with E-state index in [2.05, 4.69) is 6.07 Å². The first-order chi connectivity index (χ1) is 7.51. The Bertz CT molecular complexity index is 351. The molecule has 0 aromatic rings. The Morgan fingerprint density at radius 2 is 1.88 bits per heavy atom. The fraction of sp³-hybridized carbons (Fsp3) is 0.909. The molecule has 0 aliphatic heterocycles. The Morgan fingerprint density at radius 1 is 1.31 bits per heavy atom. The third-order valence-electron chi connectivity index (χ3n) is 3.51. The highest BCUT2D eigenvalue weighted by atomic mass is 32.2. The predicted octanol–water partition coefficient (Wildman–Crippen LogP) is 1.74. The van der Waals surface area contributed by atoms with Crippen molar-refractivity contribution in [3.8, 4) is 6.07 Å². The highest BCUT2D eigenvalue weighted by Crippen LogP contribution is 2.29. The summed E-state index contributed by atoms with van der Waals surface area (Å²) in [4.78, 5) is 0. The summed E-state index contributed by atoms with van der Waals surface area (Å²) in [5, 5.41) is 8.60. The second kappa shape index (κ2) is 5.65. The van der Waals surface area contributed by atoms with Crippen molar-refractivity contribution >= 4 is 10.0 Å². The quantitative estimate of drug-likeness (QED) is 0.756. The van der Waals surface area contributed by atoms with Gasteiger partial charge in [0.1, 0.15) is 0 Å². The zero-order valence-corrected chi connectivity index (χ0v) is 10.8. The number of nitrogens with zero attached hydrogens (tertiary/aromatic N) is 2. The van der Waals surface area contributed by atoms with Gasteiger partial charge in [0.2, 0.25) is 10.0 Å². The fourth-order valence-corrected chi connectivity index (χ4v) is 3.34. The Balaban J connectivity index is 2.52. The van der Waals surface area contributed by atoms with Crippen molar-refractivity contribution in [3.63, 3.8) is 0 Å². The molecular formula is C11H20N2O2S. The molecule has 1 rings (SSSR count). The maximum atomic E-state index is 11.7. The lowest BCUT2D eigenvalue weighted by Crippen LogP contribution is -2.40. The number of hydrogen-bond donors (Lipinski definition) is 0. The van der Waals surface area contributed by atoms with E-state index in [-0.39, 0.29) is 11.8 Å². The molecule has 0 spiro atoms. The van der Waals surface area contributed by atoms with E-state index in [4.69, 9.17) is 5.26 Å². The molecule has 0 amide bonds. The molecule has 0 unspecified atom stereocenters. The third kappa shape index (κ3) is 3.19. The topological polar surface area (TPSA) is 61.2 Å². The lowest BCUT2D eigenvalue weighted by Gasteiger charge is -2.33. The summed E-state index contributed by atoms with van der Waals surface area (Å²) < 4.78 is 24.9. The molecule has 92 valence electrons. The molecular weight excluding hydrogens is 224 g/mol. The standard InChI is InChI=1S/C11H20N2O2S/c1-3-16(14,15)13(2)11-6-4-10(5-7-11)8-9-12/h10-11H,3-8H2,1-2H3. The molecule has 4 nitrogen and oxygen atoms in total. The molecule has 1 aliphatic carbocycles. The summed E-state index contributed by atoms with van der Waals surface area (Å²) in [6.45, 7) is 1.67. The monoisotopic (exact) mass is 244 g/mol. The highest BCUT2D eigenvalue weighted by Gasteiger charge is 2.29. The van der Waals surface area contributed by atoms with Crippen LogP contribution in [0.25, 0.3) is 0 Å². The first kappa shape index (κ1) is 13.5. The Labute approximate surface area is 98.3 Å². The minimum atomic E-state index is -3.06. The summed E-state index contributed by atoms with van der Waals surface area (Å²) >= 11 is 0. The Morgan fingerprint density at radius 3 is 2.31 bits per heavy atom. The first-order valence-corrected chi connectivity index (χ1v) is 7.44. The van der Waals surface area contributed by atoms with E-state index in [1.165, 1.54) is 4.31 Å². The van der Waals surface area contributed by atoms with Gasteiger partial charge in [-0.05, 0) is 38.5 Å². The van der Waals surface area contributed by atoms with Gasteiger partial charge in [0.25, 0.3) is 0 Å². The van der Waals surface area contributed by atoms with Gasteiger partial charge in [0.05, 0.1) is 11.8 Å². The van der Waals surface area contributed by atoms with E-state index < -0.39 is 10.0 Å². The van der Waals surface area contributed by atoms with Crippen molar-refractivity contribution in [2.75, 3.05) is 12.8 Å². The van der Waals surface area contributed by atoms with Gasteiger partial charge >= 0.3 is 0 Å². The van der Waals surface area contributed by atoms with Crippen LogP contribution in [0.5, 0.6) is 0 Å². The van der Waals surface area contributed by atoms with Gasteiger partial charge in [0, 0.05) is 19.5 Å². The lowest BCUT2D eigenvalue weighted by molar-refractivity contribution is 0.238. The van der Waals surface area contributed by atoms with Gasteiger partial charge in [-0.15, -0.1) is 0 Å². The largest absolute Gasteiger partial charge is 0.213 e. The maximum Gasteiger partial charge on any atom is 0.213 e. The van der Waals surface area contributed by atoms with Crippen LogP contribution in [0.4, 0.5) is 0 Å². The Hall–Kier alpha value is -0.600. The summed E-state index contributed by atoms with van der Waals surface area (Å²) in [6, 6.07) is 2.33. The van der Waals surface area contributed by atoms with Crippen LogP contribution in [-0.2, 0) is 10.0 Å². The van der Waals surface area contributed by atoms with E-state index in [0.29, 0.717) is 12.3 Å². The van der Waals surface area contributed by atoms with Crippen molar-refractivity contribution in [1.82, 2.24) is 4.31 Å². The lowest BCUT2D eigenvalue weighted by atomic mass is 9.84. The number of nitriles is 1. The zero-order chi connectivity index (χ0) is 12.2. The van der Waals surface area contributed by atoms with Crippen molar-refractivity contribution in [1.29, 1.82) is 5.26 Å². The minimum Gasteiger partial charge on any atom is -0.212 e. The summed E-state index contributed by atoms with van der Waals surface area (Å²) in [5.74, 6) is 0.640. The van der Waals surface area contributed by atoms with Crippen LogP contribution < -0.4 is 0 Å². The predicted molar refractivity (Wildman–Crippen MR) is 63.2 cm³/mol. The van der Waals surface area contributed by atoms with Gasteiger partial charge in [-0.1, -0.05) is 0 Å². The van der Waals surface area contributed by atoms with Crippen molar-refractivity contribution < 1.29 is 8.42 Å². The molecule has 0 aromatic carbocycles. The average molecular weight is 244 g/mol. The molecule has 0 heterocycles. The molecule has 16 heavy (non-hydrogen) atoms. The van der Waals surface area contributed by atoms with Crippen molar-refractivity contribution in [3.05, 3.63) is 0 Å². The van der Waals surface area contributed by atoms with Crippen LogP contribution in [0.2, 0.25) is 0 Å². The zero-order valence-electron chi connectivity index (χ0n) is 10.0. The van der Waals surface area contributed by atoms with Gasteiger partial charge in [-0.3, -0.25) is 0 Å². The van der Waals surface area contributed by atoms with Crippen LogP contribution in [0.3, 0.4) is 0 Å². The smallest absolute Gasteiger partial charge is 0.212 e. The number of sulfonamides is 1. The normalized spacial score (nSPS) is 26.6. The number of hydrogen-bond acceptors (Lipinski definition) is 3. The van der Waals surface area contributed by atoms with E-state index >= 15 is 0 Å². The van der Waals surface area contributed by atoms with Crippen LogP contribution in [-0.4, -0.2) is 31.6 Å². The summed E-state index contributed by atoms with van der Waals surface area (Å²) in [7, 11) is -1.38. The van der Waals surface area contributed by atoms with Crippen LogP contribution >= 0.6 is 0 Å². The van der Waals surface area contributed by atoms with Gasteiger partial charge in [-0.2, -0.15) is 5.26 Å². The molecule has 0 saturated heterocycles. The molecule has 5 heteroatoms. The van der Waals surface area contributed by atoms with Gasteiger partial charge < -0.3 is 0 Å². The van der Waals surface area contributed by atoms with Crippen LogP contribution in [0, 0.1) is 17.2 Å². The first-order valence-electron chi connectivity index (χ1n) is 5.84. The van der Waals surface area contributed by atoms with Gasteiger partial charge in [0.15, 0.2) is 0 Å². The fourth-order valence-electron chi connectivity index (χ4n) is 2.27. The second-order valence-corrected chi connectivity index (χ2v) is 6.77. The van der Waals surface area contributed by atoms with Gasteiger partial charge in [-0.25, -0.2) is 12.7 Å². The molecule has 1 saturated carbocycles. The summed E-state index contributed by atoms with van der Waals surface area (Å²) in [6.07, 6.45) is 4.34. The molecule has 1 fully saturated rings. The second-order valence-electron chi connectivity index (χ2n) is 4.45. The van der Waals surface area contributed by atoms with E-state index in [1.807, 2.05) is 0 Å². The summed E-state index contributed by atoms with van der Waals surface area (Å²) in [5.41, 5.74) is 0. The van der Waals surface area contributed by atoms with Crippen LogP contribution in [0.15, 0.2) is 0 Å². The molecule has 0 atom stereocenters. The SMILES string of the molecule is CCS(=O)(=O)N(C)C1CCC(CC#N)CC1. The van der Waals surface area contributed by atoms with E-state index in [1.54, 1.807) is 14.0 Å². The van der Waals surface area contributed by atoms with E-state index in [9.17, 15) is 8.42 Å². The van der Waals surface area contributed by atoms with Crippen molar-refractivity contribution in [2.45, 2.75) is 45.1 Å². The Kier molecular flexibility index (Phi) is 4.75. The maximum absolute atomic E-state index is 11.7. The third-order valence-corrected chi connectivity index (χ3v) is 5.42. The molecule has 0 N–H and O–H groups in total. The number of rotatable bonds is 4. The minimum absolute atomic E-state index is 0.139. The van der Waals surface area contributed by atoms with Crippen LogP contribution in [0.1, 0.15) is 39.0 Å². The highest BCUT2D eigenvalue weighted by molar-refractivity contribution is 7.89. The molecule has 1 aliphatic rings. The van der Waals surface area contributed by atoms with E-state index in [0.717, 1.165) is 25.7 Å². The molecule has 0 bridgehead atoms. The molecule has 0 aromatic heterocycles. The molecule has 0 radical (unpaired) electrons.